The van der Waals surface area contributed by atoms with Gasteiger partial charge in [0.05, 0.1) is 5.69 Å². The van der Waals surface area contributed by atoms with Crippen molar-refractivity contribution in [2.45, 2.75) is 57.3 Å². The smallest absolute Gasteiger partial charge is 0.0546 e. The lowest BCUT2D eigenvalue weighted by Crippen LogP contribution is -2.15. The van der Waals surface area contributed by atoms with Crippen molar-refractivity contribution in [1.29, 1.82) is 0 Å². The van der Waals surface area contributed by atoms with E-state index in [4.69, 9.17) is 0 Å². The monoisotopic (exact) mass is 725 g/mol. The highest BCUT2D eigenvalue weighted by molar-refractivity contribution is 7.25. The second-order valence-electron chi connectivity index (χ2n) is 16.3. The van der Waals surface area contributed by atoms with Gasteiger partial charge in [0, 0.05) is 42.5 Å². The molecule has 0 atom stereocenters. The van der Waals surface area contributed by atoms with E-state index in [1.54, 1.807) is 0 Å². The topological polar surface area (TPSA) is 3.24 Å². The molecule has 0 amide bonds. The zero-order valence-electron chi connectivity index (χ0n) is 31.5. The van der Waals surface area contributed by atoms with Crippen LogP contribution in [0.2, 0.25) is 0 Å². The van der Waals surface area contributed by atoms with Gasteiger partial charge in [-0.25, -0.2) is 0 Å². The van der Waals surface area contributed by atoms with E-state index < -0.39 is 0 Å². The molecule has 1 saturated carbocycles. The van der Waals surface area contributed by atoms with E-state index in [2.05, 4.69) is 176 Å². The molecule has 0 radical (unpaired) electrons. The largest absolute Gasteiger partial charge is 0.310 e. The van der Waals surface area contributed by atoms with E-state index in [-0.39, 0.29) is 5.41 Å². The Morgan fingerprint density at radius 2 is 1.13 bits per heavy atom. The lowest BCUT2D eigenvalue weighted by atomic mass is 9.82. The number of anilines is 3. The molecule has 1 fully saturated rings. The van der Waals surface area contributed by atoms with Gasteiger partial charge in [0.2, 0.25) is 0 Å². The minimum absolute atomic E-state index is 0.0567. The highest BCUT2D eigenvalue weighted by atomic mass is 32.1. The van der Waals surface area contributed by atoms with Crippen LogP contribution in [-0.4, -0.2) is 0 Å². The molecule has 2 aliphatic rings. The summed E-state index contributed by atoms with van der Waals surface area (Å²) in [7, 11) is 0. The predicted molar refractivity (Wildman–Crippen MR) is 238 cm³/mol. The third kappa shape index (κ3) is 5.19. The summed E-state index contributed by atoms with van der Waals surface area (Å²) < 4.78 is 2.73. The maximum atomic E-state index is 2.54. The first kappa shape index (κ1) is 32.7. The third-order valence-electron chi connectivity index (χ3n) is 12.8. The molecule has 0 bridgehead atoms. The van der Waals surface area contributed by atoms with Crippen LogP contribution in [0.5, 0.6) is 0 Å². The van der Waals surface area contributed by atoms with Crippen molar-refractivity contribution in [3.8, 4) is 22.3 Å². The summed E-state index contributed by atoms with van der Waals surface area (Å²) in [6.07, 6.45) is 6.74. The predicted octanol–water partition coefficient (Wildman–Crippen LogP) is 15.9. The molecule has 8 aromatic carbocycles. The van der Waals surface area contributed by atoms with E-state index in [0.29, 0.717) is 5.92 Å². The van der Waals surface area contributed by atoms with Crippen LogP contribution in [0.3, 0.4) is 0 Å². The Labute approximate surface area is 327 Å². The van der Waals surface area contributed by atoms with Crippen LogP contribution in [0.4, 0.5) is 17.1 Å². The molecule has 0 spiro atoms. The lowest BCUT2D eigenvalue weighted by molar-refractivity contribution is 0.444. The zero-order valence-corrected chi connectivity index (χ0v) is 32.3. The molecule has 2 heteroatoms. The van der Waals surface area contributed by atoms with Crippen LogP contribution in [0.25, 0.3) is 64.0 Å². The summed E-state index contributed by atoms with van der Waals surface area (Å²) in [5, 5.41) is 7.73. The molecular weight excluding hydrogens is 683 g/mol. The number of rotatable bonds is 5. The van der Waals surface area contributed by atoms with Gasteiger partial charge in [-0.3, -0.25) is 0 Å². The van der Waals surface area contributed by atoms with Gasteiger partial charge in [-0.05, 0) is 110 Å². The molecule has 0 saturated heterocycles. The van der Waals surface area contributed by atoms with Crippen molar-refractivity contribution in [2.24, 2.45) is 0 Å². The van der Waals surface area contributed by atoms with E-state index in [1.807, 2.05) is 11.3 Å². The Hall–Kier alpha value is -5.70. The van der Waals surface area contributed by atoms with Crippen LogP contribution < -0.4 is 4.90 Å². The fraction of sp³-hybridized carbons (Fsp3) is 0.170. The van der Waals surface area contributed by atoms with Crippen molar-refractivity contribution in [2.75, 3.05) is 4.90 Å². The Morgan fingerprint density at radius 3 is 1.98 bits per heavy atom. The van der Waals surface area contributed by atoms with Crippen molar-refractivity contribution in [3.63, 3.8) is 0 Å². The van der Waals surface area contributed by atoms with Gasteiger partial charge in [-0.15, -0.1) is 11.3 Å². The fourth-order valence-corrected chi connectivity index (χ4v) is 11.2. The minimum Gasteiger partial charge on any atom is -0.310 e. The number of hydrogen-bond acceptors (Lipinski definition) is 2. The normalized spacial score (nSPS) is 15.2. The van der Waals surface area contributed by atoms with Gasteiger partial charge < -0.3 is 4.90 Å². The molecule has 1 heterocycles. The van der Waals surface area contributed by atoms with Crippen molar-refractivity contribution in [3.05, 3.63) is 174 Å². The standard InChI is InChI=1S/C53H43NS/c1-53(2)47-22-11-10-20-42(47)46-32-38(26-29-48(46)53)54(39-25-28-44-43-27-23-37(34-13-4-3-5-14-34)31-50(43)55-51(44)33-39)49-30-24-36-16-7-9-19-41(36)52(49)45-21-12-17-35-15-6-8-18-40(35)45/h6-12,15-34H,3-5,13-14H2,1-2H3. The van der Waals surface area contributed by atoms with Crippen LogP contribution >= 0.6 is 11.3 Å². The van der Waals surface area contributed by atoms with E-state index in [9.17, 15) is 0 Å². The molecule has 0 aliphatic heterocycles. The van der Waals surface area contributed by atoms with Crippen molar-refractivity contribution in [1.82, 2.24) is 0 Å². The van der Waals surface area contributed by atoms with E-state index in [1.165, 1.54) is 130 Å². The maximum Gasteiger partial charge on any atom is 0.0546 e. The van der Waals surface area contributed by atoms with Gasteiger partial charge in [0.15, 0.2) is 0 Å². The van der Waals surface area contributed by atoms with Crippen molar-refractivity contribution >= 4 is 70.1 Å². The Kier molecular flexibility index (Phi) is 7.54. The van der Waals surface area contributed by atoms with Gasteiger partial charge in [-0.2, -0.15) is 0 Å². The zero-order chi connectivity index (χ0) is 36.7. The molecule has 0 N–H and O–H groups in total. The Balaban J connectivity index is 1.17. The molecule has 9 aromatic rings. The van der Waals surface area contributed by atoms with E-state index >= 15 is 0 Å². The summed E-state index contributed by atoms with van der Waals surface area (Å²) >= 11 is 1.95. The number of hydrogen-bond donors (Lipinski definition) is 0. The van der Waals surface area contributed by atoms with Gasteiger partial charge in [0.25, 0.3) is 0 Å². The summed E-state index contributed by atoms with van der Waals surface area (Å²) in [5.41, 5.74) is 13.0. The summed E-state index contributed by atoms with van der Waals surface area (Å²) in [6.45, 7) is 4.73. The van der Waals surface area contributed by atoms with Gasteiger partial charge in [0.1, 0.15) is 0 Å². The molecule has 1 aromatic heterocycles. The fourth-order valence-electron chi connectivity index (χ4n) is 10.1. The highest BCUT2D eigenvalue weighted by Gasteiger charge is 2.36. The van der Waals surface area contributed by atoms with Crippen LogP contribution in [0.15, 0.2) is 158 Å². The molecule has 0 unspecified atom stereocenters. The van der Waals surface area contributed by atoms with E-state index in [0.717, 1.165) is 0 Å². The van der Waals surface area contributed by atoms with Crippen LogP contribution in [-0.2, 0) is 5.41 Å². The summed E-state index contributed by atoms with van der Waals surface area (Å²) in [4.78, 5) is 2.54. The molecule has 11 rings (SSSR count). The highest BCUT2D eigenvalue weighted by Crippen LogP contribution is 2.53. The second kappa shape index (κ2) is 12.7. The van der Waals surface area contributed by atoms with Crippen LogP contribution in [0, 0.1) is 0 Å². The van der Waals surface area contributed by atoms with Crippen LogP contribution in [0.1, 0.15) is 68.6 Å². The number of fused-ring (bicyclic) bond motifs is 8. The first-order chi connectivity index (χ1) is 27.0. The number of thiophene rings is 1. The van der Waals surface area contributed by atoms with Gasteiger partial charge in [-0.1, -0.05) is 154 Å². The van der Waals surface area contributed by atoms with Gasteiger partial charge >= 0.3 is 0 Å². The first-order valence-electron chi connectivity index (χ1n) is 20.0. The second-order valence-corrected chi connectivity index (χ2v) is 17.4. The molecule has 1 nitrogen and oxygen atoms in total. The minimum atomic E-state index is -0.0567. The first-order valence-corrected chi connectivity index (χ1v) is 20.9. The number of benzene rings is 8. The molecular formula is C53H43NS. The molecule has 55 heavy (non-hydrogen) atoms. The SMILES string of the molecule is CC1(C)c2ccccc2-c2cc(N(c3ccc4c(c3)sc3cc(C5CCCCC5)ccc34)c3ccc4ccccc4c3-c3cccc4ccccc34)ccc21. The molecule has 266 valence electrons. The maximum absolute atomic E-state index is 2.54. The summed E-state index contributed by atoms with van der Waals surface area (Å²) in [5.74, 6) is 0.699. The van der Waals surface area contributed by atoms with Crippen molar-refractivity contribution < 1.29 is 0 Å². The summed E-state index contributed by atoms with van der Waals surface area (Å²) in [6, 6.07) is 59.8. The Bertz CT molecular complexity index is 2950. The third-order valence-corrected chi connectivity index (χ3v) is 14.0. The average molecular weight is 726 g/mol. The molecule has 2 aliphatic carbocycles. The number of nitrogens with zero attached hydrogens (tertiary/aromatic N) is 1. The Morgan fingerprint density at radius 1 is 0.491 bits per heavy atom. The lowest BCUT2D eigenvalue weighted by Gasteiger charge is -2.30. The average Bonchev–Trinajstić information content (AvgIpc) is 3.71. The quantitative estimate of drug-likeness (QED) is 0.171.